The Balaban J connectivity index is 3.35. The van der Waals surface area contributed by atoms with Crippen LogP contribution in [0.2, 0.25) is 0 Å². The zero-order chi connectivity index (χ0) is 13.8. The highest BCUT2D eigenvalue weighted by molar-refractivity contribution is 4.97. The fourth-order valence-corrected chi connectivity index (χ4v) is 2.20. The van der Waals surface area contributed by atoms with Crippen LogP contribution in [0.1, 0.15) is 92.4 Å². The van der Waals surface area contributed by atoms with Crippen molar-refractivity contribution in [3.05, 3.63) is 11.6 Å². The van der Waals surface area contributed by atoms with E-state index in [0.717, 1.165) is 11.8 Å². The Hall–Kier alpha value is -0.260. The molecule has 1 atom stereocenters. The summed E-state index contributed by atoms with van der Waals surface area (Å²) in [6.07, 6.45) is 14.8. The monoisotopic (exact) mass is 252 g/mol. The van der Waals surface area contributed by atoms with Crippen LogP contribution in [0.4, 0.5) is 0 Å². The van der Waals surface area contributed by atoms with Gasteiger partial charge in [0.15, 0.2) is 0 Å². The Morgan fingerprint density at radius 1 is 0.944 bits per heavy atom. The Morgan fingerprint density at radius 3 is 2.22 bits per heavy atom. The first kappa shape index (κ1) is 17.7. The molecule has 0 aromatic carbocycles. The van der Waals surface area contributed by atoms with Crippen molar-refractivity contribution in [2.24, 2.45) is 11.8 Å². The van der Waals surface area contributed by atoms with E-state index in [2.05, 4.69) is 40.7 Å². The van der Waals surface area contributed by atoms with E-state index in [1.54, 1.807) is 5.57 Å². The molecule has 0 aliphatic carbocycles. The highest BCUT2D eigenvalue weighted by Gasteiger charge is 2.05. The van der Waals surface area contributed by atoms with Gasteiger partial charge in [-0.15, -0.1) is 0 Å². The summed E-state index contributed by atoms with van der Waals surface area (Å²) in [5, 5.41) is 0. The zero-order valence-electron chi connectivity index (χ0n) is 13.6. The third-order valence-corrected chi connectivity index (χ3v) is 4.17. The molecule has 0 fully saturated rings. The molecule has 0 aromatic heterocycles. The van der Waals surface area contributed by atoms with E-state index in [1.807, 2.05) is 0 Å². The van der Waals surface area contributed by atoms with Crippen LogP contribution >= 0.6 is 0 Å². The molecule has 0 spiro atoms. The summed E-state index contributed by atoms with van der Waals surface area (Å²) in [5.41, 5.74) is 1.60. The minimum absolute atomic E-state index is 0.856. The van der Waals surface area contributed by atoms with Gasteiger partial charge in [-0.2, -0.15) is 0 Å². The molecule has 1 unspecified atom stereocenters. The quantitative estimate of drug-likeness (QED) is 0.281. The lowest BCUT2D eigenvalue weighted by Crippen LogP contribution is -2.03. The van der Waals surface area contributed by atoms with Crippen molar-refractivity contribution in [2.45, 2.75) is 92.4 Å². The third-order valence-electron chi connectivity index (χ3n) is 4.17. The summed E-state index contributed by atoms with van der Waals surface area (Å²) in [6, 6.07) is 0. The summed E-state index contributed by atoms with van der Waals surface area (Å²) < 4.78 is 0. The largest absolute Gasteiger partial charge is 0.0856 e. The Labute approximate surface area is 116 Å². The summed E-state index contributed by atoms with van der Waals surface area (Å²) in [5.74, 6) is 1.76. The Morgan fingerprint density at radius 2 is 1.61 bits per heavy atom. The standard InChI is InChI=1S/C18H36/c1-6-7-13-17(4)14-11-9-8-10-12-15-18(5)16(2)3/h14,16,18H,6-13,15H2,1-5H3. The number of unbranched alkanes of at least 4 members (excludes halogenated alkanes) is 5. The van der Waals surface area contributed by atoms with Crippen LogP contribution in [0.5, 0.6) is 0 Å². The van der Waals surface area contributed by atoms with Gasteiger partial charge in [-0.3, -0.25) is 0 Å². The van der Waals surface area contributed by atoms with Crippen LogP contribution in [-0.4, -0.2) is 0 Å². The first-order chi connectivity index (χ1) is 8.57. The van der Waals surface area contributed by atoms with E-state index in [1.165, 1.54) is 57.8 Å². The van der Waals surface area contributed by atoms with Crippen molar-refractivity contribution < 1.29 is 0 Å². The molecule has 0 saturated carbocycles. The lowest BCUT2D eigenvalue weighted by molar-refractivity contribution is 0.375. The fraction of sp³-hybridized carbons (Fsp3) is 0.889. The van der Waals surface area contributed by atoms with Crippen LogP contribution in [0, 0.1) is 11.8 Å². The molecule has 0 radical (unpaired) electrons. The molecule has 0 N–H and O–H groups in total. The Bertz CT molecular complexity index is 200. The molecule has 0 aliphatic rings. The molecule has 0 heterocycles. The van der Waals surface area contributed by atoms with Gasteiger partial charge in [0.1, 0.15) is 0 Å². The van der Waals surface area contributed by atoms with Gasteiger partial charge < -0.3 is 0 Å². The maximum absolute atomic E-state index is 2.46. The van der Waals surface area contributed by atoms with Crippen molar-refractivity contribution in [2.75, 3.05) is 0 Å². The molecule has 0 amide bonds. The van der Waals surface area contributed by atoms with Gasteiger partial charge in [0.05, 0.1) is 0 Å². The zero-order valence-corrected chi connectivity index (χ0v) is 13.6. The van der Waals surface area contributed by atoms with Crippen LogP contribution in [0.15, 0.2) is 11.6 Å². The predicted octanol–water partition coefficient (Wildman–Crippen LogP) is 6.76. The van der Waals surface area contributed by atoms with E-state index in [4.69, 9.17) is 0 Å². The molecular formula is C18H36. The first-order valence-electron chi connectivity index (χ1n) is 8.23. The van der Waals surface area contributed by atoms with Gasteiger partial charge in [0, 0.05) is 0 Å². The second-order valence-corrected chi connectivity index (χ2v) is 6.37. The van der Waals surface area contributed by atoms with E-state index >= 15 is 0 Å². The molecule has 108 valence electrons. The second kappa shape index (κ2) is 11.8. The van der Waals surface area contributed by atoms with E-state index in [-0.39, 0.29) is 0 Å². The van der Waals surface area contributed by atoms with Crippen LogP contribution in [0.3, 0.4) is 0 Å². The summed E-state index contributed by atoms with van der Waals surface area (Å²) in [7, 11) is 0. The predicted molar refractivity (Wildman–Crippen MR) is 85.0 cm³/mol. The average molecular weight is 252 g/mol. The summed E-state index contributed by atoms with van der Waals surface area (Å²) >= 11 is 0. The second-order valence-electron chi connectivity index (χ2n) is 6.37. The van der Waals surface area contributed by atoms with E-state index in [9.17, 15) is 0 Å². The minimum Gasteiger partial charge on any atom is -0.0856 e. The lowest BCUT2D eigenvalue weighted by atomic mass is 9.92. The molecule has 0 saturated heterocycles. The molecule has 0 aliphatic heterocycles. The smallest absolute Gasteiger partial charge is 0.0323 e. The topological polar surface area (TPSA) is 0 Å². The first-order valence-corrected chi connectivity index (χ1v) is 8.23. The molecule has 0 bridgehead atoms. The number of hydrogen-bond donors (Lipinski definition) is 0. The highest BCUT2D eigenvalue weighted by Crippen LogP contribution is 2.18. The van der Waals surface area contributed by atoms with Gasteiger partial charge in [-0.1, -0.05) is 71.4 Å². The SMILES string of the molecule is CCCCC(C)=CCCCCCCC(C)C(C)C. The van der Waals surface area contributed by atoms with Crippen LogP contribution < -0.4 is 0 Å². The number of allylic oxidation sites excluding steroid dienone is 2. The number of rotatable bonds is 11. The minimum atomic E-state index is 0.856. The normalized spacial score (nSPS) is 14.2. The fourth-order valence-electron chi connectivity index (χ4n) is 2.20. The van der Waals surface area contributed by atoms with Crippen LogP contribution in [-0.2, 0) is 0 Å². The van der Waals surface area contributed by atoms with Gasteiger partial charge in [0.25, 0.3) is 0 Å². The van der Waals surface area contributed by atoms with Gasteiger partial charge in [-0.05, 0) is 44.4 Å². The van der Waals surface area contributed by atoms with Crippen molar-refractivity contribution in [3.8, 4) is 0 Å². The number of hydrogen-bond acceptors (Lipinski definition) is 0. The van der Waals surface area contributed by atoms with Crippen molar-refractivity contribution in [1.82, 2.24) is 0 Å². The third kappa shape index (κ3) is 10.9. The van der Waals surface area contributed by atoms with Crippen molar-refractivity contribution >= 4 is 0 Å². The molecule has 18 heavy (non-hydrogen) atoms. The molecule has 0 heteroatoms. The van der Waals surface area contributed by atoms with Crippen LogP contribution in [0.25, 0.3) is 0 Å². The van der Waals surface area contributed by atoms with E-state index in [0.29, 0.717) is 0 Å². The van der Waals surface area contributed by atoms with Crippen molar-refractivity contribution in [3.63, 3.8) is 0 Å². The Kier molecular flexibility index (Phi) is 11.6. The molecule has 0 rings (SSSR count). The van der Waals surface area contributed by atoms with Crippen molar-refractivity contribution in [1.29, 1.82) is 0 Å². The summed E-state index contributed by atoms with van der Waals surface area (Å²) in [4.78, 5) is 0. The van der Waals surface area contributed by atoms with Gasteiger partial charge in [-0.25, -0.2) is 0 Å². The molecule has 0 aromatic rings. The average Bonchev–Trinajstić information content (AvgIpc) is 2.34. The molecular weight excluding hydrogens is 216 g/mol. The summed E-state index contributed by atoms with van der Waals surface area (Å²) in [6.45, 7) is 11.6. The highest BCUT2D eigenvalue weighted by atomic mass is 14.1. The molecule has 0 nitrogen and oxygen atoms in total. The van der Waals surface area contributed by atoms with E-state index < -0.39 is 0 Å². The lowest BCUT2D eigenvalue weighted by Gasteiger charge is -2.14. The van der Waals surface area contributed by atoms with Gasteiger partial charge in [0.2, 0.25) is 0 Å². The van der Waals surface area contributed by atoms with Gasteiger partial charge >= 0.3 is 0 Å². The maximum atomic E-state index is 2.46. The maximum Gasteiger partial charge on any atom is -0.0323 e.